The fraction of sp³-hybridized carbons (Fsp3) is 0.318. The molecule has 166 valence electrons. The Kier molecular flexibility index (Phi) is 5.18. The van der Waals surface area contributed by atoms with Crippen molar-refractivity contribution in [1.82, 2.24) is 23.9 Å². The Labute approximate surface area is 194 Å². The second kappa shape index (κ2) is 7.79. The Bertz CT molecular complexity index is 1450. The molecule has 1 aliphatic heterocycles. The average molecular weight is 515 g/mol. The van der Waals surface area contributed by atoms with Crippen LogP contribution >= 0.6 is 15.9 Å². The number of aromatic nitrogens is 4. The molecule has 10 heteroatoms. The standard InChI is InChI=1S/C22H23BrN6O2S/c1-13(2)32(30,31)28-8-7-15(12-28)20-19(23)21(24)29-22(27-20)17(11-26-29)16-9-14-5-3-4-6-18(14)25-10-16/h3-6,9-11,13,15H,7-8,12,24H2,1-2H3. The highest BCUT2D eigenvalue weighted by Gasteiger charge is 2.36. The van der Waals surface area contributed by atoms with Gasteiger partial charge in [-0.25, -0.2) is 17.7 Å². The molecule has 8 nitrogen and oxygen atoms in total. The van der Waals surface area contributed by atoms with E-state index in [-0.39, 0.29) is 5.92 Å². The highest BCUT2D eigenvalue weighted by molar-refractivity contribution is 9.10. The van der Waals surface area contributed by atoms with Crippen LogP contribution in [-0.4, -0.2) is 50.6 Å². The summed E-state index contributed by atoms with van der Waals surface area (Å²) in [5, 5.41) is 5.02. The maximum atomic E-state index is 12.6. The van der Waals surface area contributed by atoms with Gasteiger partial charge < -0.3 is 5.73 Å². The van der Waals surface area contributed by atoms with E-state index in [0.717, 1.165) is 27.7 Å². The molecule has 4 aromatic rings. The maximum Gasteiger partial charge on any atom is 0.216 e. The van der Waals surface area contributed by atoms with Crippen LogP contribution in [0.5, 0.6) is 0 Å². The zero-order chi connectivity index (χ0) is 22.6. The fourth-order valence-corrected chi connectivity index (χ4v) is 6.11. The van der Waals surface area contributed by atoms with Gasteiger partial charge in [-0.1, -0.05) is 18.2 Å². The van der Waals surface area contributed by atoms with Gasteiger partial charge in [-0.05, 0) is 48.3 Å². The topological polar surface area (TPSA) is 106 Å². The number of nitrogen functional groups attached to an aromatic ring is 1. The molecule has 1 unspecified atom stereocenters. The van der Waals surface area contributed by atoms with E-state index in [1.54, 1.807) is 28.9 Å². The molecule has 0 radical (unpaired) electrons. The van der Waals surface area contributed by atoms with Crippen molar-refractivity contribution in [2.45, 2.75) is 31.4 Å². The van der Waals surface area contributed by atoms with Crippen molar-refractivity contribution in [3.8, 4) is 11.1 Å². The van der Waals surface area contributed by atoms with Gasteiger partial charge in [0, 0.05) is 41.7 Å². The molecular weight excluding hydrogens is 492 g/mol. The first-order chi connectivity index (χ1) is 15.3. The number of sulfonamides is 1. The minimum absolute atomic E-state index is 0.0531. The third kappa shape index (κ3) is 3.37. The normalized spacial score (nSPS) is 17.7. The van der Waals surface area contributed by atoms with Gasteiger partial charge in [0.25, 0.3) is 0 Å². The van der Waals surface area contributed by atoms with E-state index in [1.807, 2.05) is 30.5 Å². The Morgan fingerprint density at radius 1 is 1.22 bits per heavy atom. The molecule has 1 saturated heterocycles. The van der Waals surface area contributed by atoms with Gasteiger partial charge in [0.2, 0.25) is 10.0 Å². The molecular formula is C22H23BrN6O2S. The number of rotatable bonds is 4. The van der Waals surface area contributed by atoms with E-state index in [4.69, 9.17) is 10.7 Å². The molecule has 0 amide bonds. The van der Waals surface area contributed by atoms with Gasteiger partial charge in [-0.15, -0.1) is 0 Å². The second-order valence-electron chi connectivity index (χ2n) is 8.34. The average Bonchev–Trinajstić information content (AvgIpc) is 3.43. The van der Waals surface area contributed by atoms with E-state index in [1.165, 1.54) is 0 Å². The molecule has 32 heavy (non-hydrogen) atoms. The molecule has 4 heterocycles. The zero-order valence-electron chi connectivity index (χ0n) is 17.7. The molecule has 1 aromatic carbocycles. The van der Waals surface area contributed by atoms with Gasteiger partial charge in [-0.2, -0.15) is 9.61 Å². The molecule has 1 aliphatic rings. The molecule has 0 aliphatic carbocycles. The first-order valence-corrected chi connectivity index (χ1v) is 12.7. The van der Waals surface area contributed by atoms with Gasteiger partial charge in [0.1, 0.15) is 5.82 Å². The van der Waals surface area contributed by atoms with E-state index in [2.05, 4.69) is 32.1 Å². The number of para-hydroxylation sites is 1. The lowest BCUT2D eigenvalue weighted by Gasteiger charge is -2.19. The minimum Gasteiger partial charge on any atom is -0.383 e. The van der Waals surface area contributed by atoms with E-state index >= 15 is 0 Å². The van der Waals surface area contributed by atoms with E-state index in [0.29, 0.717) is 35.4 Å². The van der Waals surface area contributed by atoms with Crippen molar-refractivity contribution >= 4 is 48.3 Å². The monoisotopic (exact) mass is 514 g/mol. The summed E-state index contributed by atoms with van der Waals surface area (Å²) < 4.78 is 29.1. The van der Waals surface area contributed by atoms with Crippen molar-refractivity contribution in [2.75, 3.05) is 18.8 Å². The van der Waals surface area contributed by atoms with E-state index < -0.39 is 15.3 Å². The van der Waals surface area contributed by atoms with Crippen LogP contribution in [0.3, 0.4) is 0 Å². The van der Waals surface area contributed by atoms with Crippen LogP contribution in [0.4, 0.5) is 5.82 Å². The number of benzene rings is 1. The lowest BCUT2D eigenvalue weighted by molar-refractivity contribution is 0.465. The Morgan fingerprint density at radius 2 is 2.00 bits per heavy atom. The molecule has 5 rings (SSSR count). The van der Waals surface area contributed by atoms with Crippen LogP contribution in [0.15, 0.2) is 47.2 Å². The first-order valence-electron chi connectivity index (χ1n) is 10.4. The highest BCUT2D eigenvalue weighted by atomic mass is 79.9. The van der Waals surface area contributed by atoms with Gasteiger partial charge in [0.15, 0.2) is 5.65 Å². The predicted molar refractivity (Wildman–Crippen MR) is 129 cm³/mol. The van der Waals surface area contributed by atoms with Gasteiger partial charge >= 0.3 is 0 Å². The zero-order valence-corrected chi connectivity index (χ0v) is 20.1. The van der Waals surface area contributed by atoms with Crippen LogP contribution < -0.4 is 5.73 Å². The van der Waals surface area contributed by atoms with Crippen molar-refractivity contribution in [3.05, 3.63) is 52.9 Å². The lowest BCUT2D eigenvalue weighted by Crippen LogP contribution is -2.34. The van der Waals surface area contributed by atoms with Gasteiger partial charge in [-0.3, -0.25) is 4.98 Å². The molecule has 2 N–H and O–H groups in total. The summed E-state index contributed by atoms with van der Waals surface area (Å²) in [4.78, 5) is 9.48. The summed E-state index contributed by atoms with van der Waals surface area (Å²) >= 11 is 3.58. The maximum absolute atomic E-state index is 12.6. The molecule has 1 atom stereocenters. The fourth-order valence-electron chi connectivity index (χ4n) is 4.19. The summed E-state index contributed by atoms with van der Waals surface area (Å²) in [5.41, 5.74) is 10.4. The number of nitrogens with two attached hydrogens (primary N) is 1. The number of hydrogen-bond acceptors (Lipinski definition) is 6. The summed E-state index contributed by atoms with van der Waals surface area (Å²) in [5.74, 6) is 0.387. The van der Waals surface area contributed by atoms with E-state index in [9.17, 15) is 8.42 Å². The second-order valence-corrected chi connectivity index (χ2v) is 11.6. The molecule has 0 saturated carbocycles. The number of hydrogen-bond donors (Lipinski definition) is 1. The van der Waals surface area contributed by atoms with Crippen LogP contribution in [0.2, 0.25) is 0 Å². The van der Waals surface area contributed by atoms with Crippen molar-refractivity contribution in [1.29, 1.82) is 0 Å². The predicted octanol–water partition coefficient (Wildman–Crippen LogP) is 3.82. The van der Waals surface area contributed by atoms with Crippen molar-refractivity contribution < 1.29 is 8.42 Å². The smallest absolute Gasteiger partial charge is 0.216 e. The number of halogens is 1. The Morgan fingerprint density at radius 3 is 2.78 bits per heavy atom. The third-order valence-electron chi connectivity index (χ3n) is 6.04. The van der Waals surface area contributed by atoms with Crippen LogP contribution in [0.1, 0.15) is 31.9 Å². The number of fused-ring (bicyclic) bond motifs is 2. The van der Waals surface area contributed by atoms with Crippen LogP contribution in [0, 0.1) is 0 Å². The summed E-state index contributed by atoms with van der Waals surface area (Å²) in [7, 11) is -3.31. The Hall–Kier alpha value is -2.56. The lowest BCUT2D eigenvalue weighted by atomic mass is 10.0. The number of pyridine rings is 1. The highest BCUT2D eigenvalue weighted by Crippen LogP contribution is 2.37. The van der Waals surface area contributed by atoms with Gasteiger partial charge in [0.05, 0.1) is 27.1 Å². The largest absolute Gasteiger partial charge is 0.383 e. The Balaban J connectivity index is 1.59. The van der Waals surface area contributed by atoms with Crippen LogP contribution in [0.25, 0.3) is 27.7 Å². The molecule has 0 spiro atoms. The summed E-state index contributed by atoms with van der Waals surface area (Å²) in [6.45, 7) is 4.28. The van der Waals surface area contributed by atoms with Crippen molar-refractivity contribution in [2.24, 2.45) is 0 Å². The summed E-state index contributed by atoms with van der Waals surface area (Å²) in [6, 6.07) is 9.99. The number of nitrogens with zero attached hydrogens (tertiary/aromatic N) is 5. The minimum atomic E-state index is -3.31. The first kappa shape index (κ1) is 21.3. The molecule has 0 bridgehead atoms. The molecule has 1 fully saturated rings. The summed E-state index contributed by atoms with van der Waals surface area (Å²) in [6.07, 6.45) is 4.24. The number of anilines is 1. The quantitative estimate of drug-likeness (QED) is 0.443. The van der Waals surface area contributed by atoms with Crippen molar-refractivity contribution in [3.63, 3.8) is 0 Å². The third-order valence-corrected chi connectivity index (χ3v) is 9.10. The SMILES string of the molecule is CC(C)S(=O)(=O)N1CCC(c2nc3c(-c4cnc5ccccc5c4)cnn3c(N)c2Br)C1. The molecule has 3 aromatic heterocycles. The van der Waals surface area contributed by atoms with Crippen LogP contribution in [-0.2, 0) is 10.0 Å².